The van der Waals surface area contributed by atoms with Crippen LogP contribution >= 0.6 is 0 Å². The second kappa shape index (κ2) is 6.43. The molecule has 1 saturated heterocycles. The second-order valence-corrected chi connectivity index (χ2v) is 7.91. The van der Waals surface area contributed by atoms with Crippen molar-refractivity contribution in [3.8, 4) is 0 Å². The van der Waals surface area contributed by atoms with Crippen LogP contribution in [0.5, 0.6) is 0 Å². The Bertz CT molecular complexity index is 678. The van der Waals surface area contributed by atoms with Crippen molar-refractivity contribution in [2.45, 2.75) is 51.0 Å². The molecule has 2 amide bonds. The quantitative estimate of drug-likeness (QED) is 0.913. The highest BCUT2D eigenvalue weighted by molar-refractivity contribution is 5.80. The fraction of sp³-hybridized carbons (Fsp3) is 0.600. The van der Waals surface area contributed by atoms with Crippen LogP contribution in [0.2, 0.25) is 0 Å². The maximum absolute atomic E-state index is 13.7. The maximum Gasteiger partial charge on any atom is 0.225 e. The minimum atomic E-state index is -0.328. The van der Waals surface area contributed by atoms with E-state index in [1.165, 1.54) is 12.5 Å². The molecule has 0 radical (unpaired) electrons. The van der Waals surface area contributed by atoms with E-state index >= 15 is 0 Å². The Hall–Kier alpha value is -1.91. The SMILES string of the molecule is O=C(Cc1ccccc1F)NC1CC12CCN(C(=O)C1CCC1)CC2. The van der Waals surface area contributed by atoms with Crippen molar-refractivity contribution in [2.75, 3.05) is 13.1 Å². The number of rotatable bonds is 4. The van der Waals surface area contributed by atoms with Gasteiger partial charge in [-0.2, -0.15) is 0 Å². The Kier molecular flexibility index (Phi) is 4.26. The zero-order chi connectivity index (χ0) is 17.4. The van der Waals surface area contributed by atoms with Crippen LogP contribution in [0.25, 0.3) is 0 Å². The minimum Gasteiger partial charge on any atom is -0.352 e. The highest BCUT2D eigenvalue weighted by Gasteiger charge is 2.56. The molecule has 1 N–H and O–H groups in total. The lowest BCUT2D eigenvalue weighted by Crippen LogP contribution is -2.45. The number of nitrogens with one attached hydrogen (secondary N) is 1. The third-order valence-corrected chi connectivity index (χ3v) is 6.36. The topological polar surface area (TPSA) is 49.4 Å². The van der Waals surface area contributed by atoms with Gasteiger partial charge in [0.25, 0.3) is 0 Å². The third-order valence-electron chi connectivity index (χ3n) is 6.36. The van der Waals surface area contributed by atoms with E-state index in [1.807, 2.05) is 4.90 Å². The second-order valence-electron chi connectivity index (χ2n) is 7.91. The molecule has 0 bridgehead atoms. The van der Waals surface area contributed by atoms with Gasteiger partial charge in [0.15, 0.2) is 0 Å². The number of halogens is 1. The van der Waals surface area contributed by atoms with Crippen molar-refractivity contribution in [1.82, 2.24) is 10.2 Å². The lowest BCUT2D eigenvalue weighted by atomic mass is 9.83. The van der Waals surface area contributed by atoms with E-state index in [1.54, 1.807) is 18.2 Å². The first-order valence-electron chi connectivity index (χ1n) is 9.39. The van der Waals surface area contributed by atoms with Gasteiger partial charge in [0.1, 0.15) is 5.82 Å². The number of hydrogen-bond acceptors (Lipinski definition) is 2. The van der Waals surface area contributed by atoms with Crippen LogP contribution in [0.3, 0.4) is 0 Å². The number of carbonyl (C=O) groups excluding carboxylic acids is 2. The van der Waals surface area contributed by atoms with E-state index in [0.29, 0.717) is 11.5 Å². The summed E-state index contributed by atoms with van der Waals surface area (Å²) >= 11 is 0. The summed E-state index contributed by atoms with van der Waals surface area (Å²) in [6.45, 7) is 1.63. The average molecular weight is 344 g/mol. The van der Waals surface area contributed by atoms with Crippen molar-refractivity contribution in [2.24, 2.45) is 11.3 Å². The molecule has 1 aliphatic heterocycles. The maximum atomic E-state index is 13.7. The Balaban J connectivity index is 1.26. The minimum absolute atomic E-state index is 0.0888. The molecule has 2 saturated carbocycles. The first-order chi connectivity index (χ1) is 12.1. The van der Waals surface area contributed by atoms with Crippen LogP contribution in [-0.2, 0) is 16.0 Å². The monoisotopic (exact) mass is 344 g/mol. The van der Waals surface area contributed by atoms with Gasteiger partial charge in [0.2, 0.25) is 11.8 Å². The largest absolute Gasteiger partial charge is 0.352 e. The standard InChI is InChI=1S/C20H25FN2O2/c21-16-7-2-1-4-15(16)12-18(24)22-17-13-20(17)8-10-23(11-9-20)19(25)14-5-3-6-14/h1-2,4,7,14,17H,3,5-6,8-13H2,(H,22,24). The molecule has 1 heterocycles. The van der Waals surface area contributed by atoms with Crippen LogP contribution < -0.4 is 5.32 Å². The van der Waals surface area contributed by atoms with Crippen LogP contribution in [0.15, 0.2) is 24.3 Å². The first kappa shape index (κ1) is 16.6. The van der Waals surface area contributed by atoms with Crippen molar-refractivity contribution < 1.29 is 14.0 Å². The normalized spacial score (nSPS) is 24.7. The first-order valence-corrected chi connectivity index (χ1v) is 9.39. The fourth-order valence-corrected chi connectivity index (χ4v) is 4.25. The van der Waals surface area contributed by atoms with E-state index in [-0.39, 0.29) is 35.5 Å². The molecule has 5 heteroatoms. The highest BCUT2D eigenvalue weighted by atomic mass is 19.1. The van der Waals surface area contributed by atoms with Gasteiger partial charge >= 0.3 is 0 Å². The zero-order valence-corrected chi connectivity index (χ0v) is 14.5. The summed E-state index contributed by atoms with van der Waals surface area (Å²) in [5.74, 6) is 0.164. The third kappa shape index (κ3) is 3.29. The highest BCUT2D eigenvalue weighted by Crippen LogP contribution is 2.54. The van der Waals surface area contributed by atoms with Gasteiger partial charge in [-0.25, -0.2) is 4.39 Å². The van der Waals surface area contributed by atoms with Crippen LogP contribution in [0, 0.1) is 17.2 Å². The smallest absolute Gasteiger partial charge is 0.225 e. The Morgan fingerprint density at radius 3 is 2.56 bits per heavy atom. The van der Waals surface area contributed by atoms with Gasteiger partial charge in [-0.15, -0.1) is 0 Å². The molecule has 1 atom stereocenters. The van der Waals surface area contributed by atoms with E-state index in [0.717, 1.165) is 45.2 Å². The number of nitrogens with zero attached hydrogens (tertiary/aromatic N) is 1. The number of carbonyl (C=O) groups is 2. The molecule has 1 aromatic carbocycles. The van der Waals surface area contributed by atoms with Gasteiger partial charge in [0.05, 0.1) is 6.42 Å². The molecule has 3 fully saturated rings. The fourth-order valence-electron chi connectivity index (χ4n) is 4.25. The molecule has 4 rings (SSSR count). The van der Waals surface area contributed by atoms with Crippen molar-refractivity contribution in [3.05, 3.63) is 35.6 Å². The summed E-state index contributed by atoms with van der Waals surface area (Å²) in [6.07, 6.45) is 6.30. The Labute approximate surface area is 147 Å². The van der Waals surface area contributed by atoms with Crippen LogP contribution in [-0.4, -0.2) is 35.8 Å². The summed E-state index contributed by atoms with van der Waals surface area (Å²) < 4.78 is 13.7. The molecular formula is C20H25FN2O2. The molecule has 25 heavy (non-hydrogen) atoms. The molecule has 3 aliphatic rings. The van der Waals surface area contributed by atoms with E-state index < -0.39 is 0 Å². The van der Waals surface area contributed by atoms with E-state index in [2.05, 4.69) is 5.32 Å². The summed E-state index contributed by atoms with van der Waals surface area (Å²) in [6, 6.07) is 6.61. The van der Waals surface area contributed by atoms with Crippen molar-refractivity contribution in [3.63, 3.8) is 0 Å². The van der Waals surface area contributed by atoms with Gasteiger partial charge in [0, 0.05) is 25.0 Å². The molecule has 1 spiro atoms. The molecule has 1 aromatic rings. The molecule has 4 nitrogen and oxygen atoms in total. The summed E-state index contributed by atoms with van der Waals surface area (Å²) in [4.78, 5) is 26.6. The predicted molar refractivity (Wildman–Crippen MR) is 92.2 cm³/mol. The number of hydrogen-bond donors (Lipinski definition) is 1. The molecule has 1 unspecified atom stereocenters. The number of piperidine rings is 1. The average Bonchev–Trinajstić information content (AvgIpc) is 3.19. The predicted octanol–water partition coefficient (Wildman–Crippen LogP) is 2.67. The molecule has 2 aliphatic carbocycles. The van der Waals surface area contributed by atoms with Crippen LogP contribution in [0.4, 0.5) is 4.39 Å². The lowest BCUT2D eigenvalue weighted by molar-refractivity contribution is -0.140. The van der Waals surface area contributed by atoms with Gasteiger partial charge in [-0.05, 0) is 49.1 Å². The van der Waals surface area contributed by atoms with Gasteiger partial charge < -0.3 is 10.2 Å². The molecule has 134 valence electrons. The molecular weight excluding hydrogens is 319 g/mol. The van der Waals surface area contributed by atoms with E-state index in [9.17, 15) is 14.0 Å². The summed E-state index contributed by atoms with van der Waals surface area (Å²) in [5.41, 5.74) is 0.608. The van der Waals surface area contributed by atoms with E-state index in [4.69, 9.17) is 0 Å². The zero-order valence-electron chi connectivity index (χ0n) is 14.5. The number of likely N-dealkylation sites (tertiary alicyclic amines) is 1. The molecule has 0 aromatic heterocycles. The Morgan fingerprint density at radius 2 is 1.92 bits per heavy atom. The summed E-state index contributed by atoms with van der Waals surface area (Å²) in [5, 5.41) is 3.07. The lowest BCUT2D eigenvalue weighted by Gasteiger charge is -2.37. The van der Waals surface area contributed by atoms with Gasteiger partial charge in [-0.1, -0.05) is 24.6 Å². The van der Waals surface area contributed by atoms with Crippen LogP contribution in [0.1, 0.15) is 44.1 Å². The Morgan fingerprint density at radius 1 is 1.20 bits per heavy atom. The summed E-state index contributed by atoms with van der Waals surface area (Å²) in [7, 11) is 0. The number of amides is 2. The van der Waals surface area contributed by atoms with Gasteiger partial charge in [-0.3, -0.25) is 9.59 Å². The number of benzene rings is 1. The van der Waals surface area contributed by atoms with Crippen molar-refractivity contribution >= 4 is 11.8 Å². The van der Waals surface area contributed by atoms with Crippen molar-refractivity contribution in [1.29, 1.82) is 0 Å².